The molecule has 0 unspecified atom stereocenters. The van der Waals surface area contributed by atoms with Crippen LogP contribution >= 0.6 is 11.3 Å². The molecule has 0 radical (unpaired) electrons. The predicted molar refractivity (Wildman–Crippen MR) is 57.7 cm³/mol. The van der Waals surface area contributed by atoms with Crippen molar-refractivity contribution in [2.45, 2.75) is 6.42 Å². The van der Waals surface area contributed by atoms with Crippen LogP contribution in [0.15, 0.2) is 23.6 Å². The largest absolute Gasteiger partial charge is 0.497 e. The van der Waals surface area contributed by atoms with Gasteiger partial charge in [0.15, 0.2) is 0 Å². The topological polar surface area (TPSA) is 33.0 Å². The van der Waals surface area contributed by atoms with Crippen LogP contribution in [-0.2, 0) is 6.42 Å². The summed E-state index contributed by atoms with van der Waals surface area (Å²) in [4.78, 5) is 0. The molecule has 2 rings (SSSR count). The lowest BCUT2D eigenvalue weighted by Crippen LogP contribution is -1.82. The third-order valence-electron chi connectivity index (χ3n) is 2.13. The molecular formula is C11H9NOS. The molecule has 0 bridgehead atoms. The standard InChI is InChI=1S/C11H9NOS/c1-13-9-2-3-11-10(6-9)8(4-5-12)7-14-11/h2-3,6-7H,4H2,1H3. The molecule has 70 valence electrons. The van der Waals surface area contributed by atoms with Crippen molar-refractivity contribution in [3.63, 3.8) is 0 Å². The summed E-state index contributed by atoms with van der Waals surface area (Å²) in [6, 6.07) is 8.12. The van der Waals surface area contributed by atoms with Crippen molar-refractivity contribution in [2.24, 2.45) is 0 Å². The van der Waals surface area contributed by atoms with E-state index < -0.39 is 0 Å². The minimum atomic E-state index is 0.465. The summed E-state index contributed by atoms with van der Waals surface area (Å²) in [5.41, 5.74) is 1.09. The van der Waals surface area contributed by atoms with Gasteiger partial charge < -0.3 is 4.74 Å². The maximum Gasteiger partial charge on any atom is 0.119 e. The molecule has 1 heterocycles. The SMILES string of the molecule is COc1ccc2scc(CC#N)c2c1. The molecule has 0 fully saturated rings. The lowest BCUT2D eigenvalue weighted by atomic mass is 10.1. The highest BCUT2D eigenvalue weighted by Crippen LogP contribution is 2.29. The van der Waals surface area contributed by atoms with Gasteiger partial charge in [0.25, 0.3) is 0 Å². The summed E-state index contributed by atoms with van der Waals surface area (Å²) in [7, 11) is 1.65. The Balaban J connectivity index is 2.59. The van der Waals surface area contributed by atoms with Gasteiger partial charge in [0.05, 0.1) is 19.6 Å². The maximum absolute atomic E-state index is 8.65. The van der Waals surface area contributed by atoms with E-state index in [-0.39, 0.29) is 0 Å². The molecule has 0 aliphatic heterocycles. The van der Waals surface area contributed by atoms with Crippen LogP contribution in [0, 0.1) is 11.3 Å². The zero-order valence-corrected chi connectivity index (χ0v) is 8.60. The van der Waals surface area contributed by atoms with Crippen molar-refractivity contribution < 1.29 is 4.74 Å². The molecule has 0 saturated carbocycles. The molecule has 0 amide bonds. The minimum Gasteiger partial charge on any atom is -0.497 e. The predicted octanol–water partition coefficient (Wildman–Crippen LogP) is 2.98. The fraction of sp³-hybridized carbons (Fsp3) is 0.182. The van der Waals surface area contributed by atoms with Crippen LogP contribution in [0.3, 0.4) is 0 Å². The number of fused-ring (bicyclic) bond motifs is 1. The third-order valence-corrected chi connectivity index (χ3v) is 3.14. The number of benzene rings is 1. The number of hydrogen-bond donors (Lipinski definition) is 0. The van der Waals surface area contributed by atoms with Crippen molar-refractivity contribution in [3.05, 3.63) is 29.1 Å². The van der Waals surface area contributed by atoms with E-state index in [9.17, 15) is 0 Å². The van der Waals surface area contributed by atoms with Gasteiger partial charge in [0, 0.05) is 10.1 Å². The van der Waals surface area contributed by atoms with Gasteiger partial charge in [-0.05, 0) is 29.1 Å². The number of nitrogens with zero attached hydrogens (tertiary/aromatic N) is 1. The molecule has 1 aromatic carbocycles. The minimum absolute atomic E-state index is 0.465. The van der Waals surface area contributed by atoms with E-state index in [1.807, 2.05) is 23.6 Å². The Bertz CT molecular complexity index is 495. The average Bonchev–Trinajstić information content (AvgIpc) is 2.61. The fourth-order valence-corrected chi connectivity index (χ4v) is 2.35. The Morgan fingerprint density at radius 2 is 2.36 bits per heavy atom. The van der Waals surface area contributed by atoms with E-state index in [0.717, 1.165) is 16.7 Å². The lowest BCUT2D eigenvalue weighted by Gasteiger charge is -1.99. The van der Waals surface area contributed by atoms with Crippen LogP contribution in [0.1, 0.15) is 5.56 Å². The third kappa shape index (κ3) is 1.45. The van der Waals surface area contributed by atoms with Crippen LogP contribution in [0.25, 0.3) is 10.1 Å². The second-order valence-electron chi connectivity index (χ2n) is 2.96. The smallest absolute Gasteiger partial charge is 0.119 e. The Morgan fingerprint density at radius 1 is 1.50 bits per heavy atom. The summed E-state index contributed by atoms with van der Waals surface area (Å²) < 4.78 is 6.35. The van der Waals surface area contributed by atoms with Gasteiger partial charge in [-0.3, -0.25) is 0 Å². The molecule has 0 aliphatic carbocycles. The van der Waals surface area contributed by atoms with Gasteiger partial charge >= 0.3 is 0 Å². The molecule has 0 spiro atoms. The monoisotopic (exact) mass is 203 g/mol. The average molecular weight is 203 g/mol. The van der Waals surface area contributed by atoms with Crippen molar-refractivity contribution in [3.8, 4) is 11.8 Å². The van der Waals surface area contributed by atoms with Gasteiger partial charge in [-0.25, -0.2) is 0 Å². The Labute approximate surface area is 86.4 Å². The van der Waals surface area contributed by atoms with E-state index in [2.05, 4.69) is 6.07 Å². The number of ether oxygens (including phenoxy) is 1. The summed E-state index contributed by atoms with van der Waals surface area (Å²) in [5.74, 6) is 0.843. The maximum atomic E-state index is 8.65. The van der Waals surface area contributed by atoms with E-state index in [0.29, 0.717) is 6.42 Å². The Morgan fingerprint density at radius 3 is 3.07 bits per heavy atom. The second kappa shape index (κ2) is 3.69. The summed E-state index contributed by atoms with van der Waals surface area (Å²) >= 11 is 1.67. The summed E-state index contributed by atoms with van der Waals surface area (Å²) in [5, 5.41) is 11.8. The van der Waals surface area contributed by atoms with E-state index in [1.54, 1.807) is 18.4 Å². The Kier molecular flexibility index (Phi) is 2.38. The number of nitriles is 1. The number of methoxy groups -OCH3 is 1. The van der Waals surface area contributed by atoms with Crippen LogP contribution in [0.4, 0.5) is 0 Å². The van der Waals surface area contributed by atoms with Crippen molar-refractivity contribution in [1.29, 1.82) is 5.26 Å². The molecule has 0 saturated heterocycles. The molecule has 14 heavy (non-hydrogen) atoms. The van der Waals surface area contributed by atoms with Gasteiger partial charge in [0.2, 0.25) is 0 Å². The first-order valence-electron chi connectivity index (χ1n) is 4.26. The van der Waals surface area contributed by atoms with Gasteiger partial charge in [-0.1, -0.05) is 0 Å². The van der Waals surface area contributed by atoms with Crippen LogP contribution in [-0.4, -0.2) is 7.11 Å². The first kappa shape index (κ1) is 9.04. The normalized spacial score (nSPS) is 10.0. The van der Waals surface area contributed by atoms with E-state index in [4.69, 9.17) is 10.00 Å². The van der Waals surface area contributed by atoms with Crippen molar-refractivity contribution >= 4 is 21.4 Å². The van der Waals surface area contributed by atoms with Crippen LogP contribution in [0.2, 0.25) is 0 Å². The van der Waals surface area contributed by atoms with E-state index >= 15 is 0 Å². The Hall–Kier alpha value is -1.53. The van der Waals surface area contributed by atoms with Crippen molar-refractivity contribution in [1.82, 2.24) is 0 Å². The summed E-state index contributed by atoms with van der Waals surface area (Å²) in [6.07, 6.45) is 0.465. The molecular weight excluding hydrogens is 194 g/mol. The first-order chi connectivity index (χ1) is 6.85. The lowest BCUT2D eigenvalue weighted by molar-refractivity contribution is 0.415. The molecule has 0 N–H and O–H groups in total. The van der Waals surface area contributed by atoms with Crippen LogP contribution in [0.5, 0.6) is 5.75 Å². The number of rotatable bonds is 2. The quantitative estimate of drug-likeness (QED) is 0.751. The molecule has 2 aromatic rings. The fourth-order valence-electron chi connectivity index (χ4n) is 1.41. The number of thiophene rings is 1. The first-order valence-corrected chi connectivity index (χ1v) is 5.14. The van der Waals surface area contributed by atoms with Crippen LogP contribution < -0.4 is 4.74 Å². The van der Waals surface area contributed by atoms with Crippen molar-refractivity contribution in [2.75, 3.05) is 7.11 Å². The molecule has 2 nitrogen and oxygen atoms in total. The van der Waals surface area contributed by atoms with Gasteiger partial charge in [0.1, 0.15) is 5.75 Å². The van der Waals surface area contributed by atoms with Gasteiger partial charge in [-0.15, -0.1) is 11.3 Å². The van der Waals surface area contributed by atoms with Gasteiger partial charge in [-0.2, -0.15) is 5.26 Å². The highest BCUT2D eigenvalue weighted by Gasteiger charge is 2.04. The second-order valence-corrected chi connectivity index (χ2v) is 3.87. The zero-order valence-electron chi connectivity index (χ0n) is 7.78. The highest BCUT2D eigenvalue weighted by atomic mass is 32.1. The highest BCUT2D eigenvalue weighted by molar-refractivity contribution is 7.17. The number of hydrogen-bond acceptors (Lipinski definition) is 3. The molecule has 0 atom stereocenters. The zero-order chi connectivity index (χ0) is 9.97. The van der Waals surface area contributed by atoms with E-state index in [1.165, 1.54) is 4.70 Å². The molecule has 0 aliphatic rings. The molecule has 1 aromatic heterocycles. The molecule has 3 heteroatoms. The summed E-state index contributed by atoms with van der Waals surface area (Å²) in [6.45, 7) is 0.